The van der Waals surface area contributed by atoms with Crippen molar-refractivity contribution in [3.63, 3.8) is 0 Å². The molecule has 0 unspecified atom stereocenters. The van der Waals surface area contributed by atoms with Crippen LogP contribution in [-0.4, -0.2) is 16.9 Å². The molecule has 1 fully saturated rings. The van der Waals surface area contributed by atoms with E-state index in [0.29, 0.717) is 17.4 Å². The molecule has 1 saturated carbocycles. The SMILES string of the molecule is CC(C)C1(Oc2ccc(C=O)cn2)CC1. The van der Waals surface area contributed by atoms with Crippen LogP contribution in [0.5, 0.6) is 5.88 Å². The first kappa shape index (κ1) is 10.1. The van der Waals surface area contributed by atoms with Gasteiger partial charge in [-0.05, 0) is 24.8 Å². The van der Waals surface area contributed by atoms with Gasteiger partial charge in [-0.2, -0.15) is 0 Å². The fourth-order valence-corrected chi connectivity index (χ4v) is 1.65. The molecule has 0 amide bonds. The lowest BCUT2D eigenvalue weighted by molar-refractivity contribution is 0.112. The van der Waals surface area contributed by atoms with Gasteiger partial charge in [0, 0.05) is 17.8 Å². The van der Waals surface area contributed by atoms with Crippen molar-refractivity contribution < 1.29 is 9.53 Å². The Morgan fingerprint density at radius 3 is 2.60 bits per heavy atom. The van der Waals surface area contributed by atoms with Crippen LogP contribution in [0, 0.1) is 5.92 Å². The fourth-order valence-electron chi connectivity index (χ4n) is 1.65. The molecule has 0 bridgehead atoms. The Balaban J connectivity index is 2.08. The van der Waals surface area contributed by atoms with E-state index in [-0.39, 0.29) is 5.60 Å². The molecule has 3 nitrogen and oxygen atoms in total. The van der Waals surface area contributed by atoms with Crippen LogP contribution in [0.2, 0.25) is 0 Å². The Bertz CT molecular complexity index is 352. The lowest BCUT2D eigenvalue weighted by atomic mass is 10.1. The normalized spacial score (nSPS) is 17.5. The summed E-state index contributed by atoms with van der Waals surface area (Å²) in [7, 11) is 0. The molecule has 0 aliphatic heterocycles. The van der Waals surface area contributed by atoms with E-state index in [1.165, 1.54) is 0 Å². The third-order valence-electron chi connectivity index (χ3n) is 3.00. The molecule has 1 aromatic rings. The van der Waals surface area contributed by atoms with Crippen LogP contribution in [0.3, 0.4) is 0 Å². The molecule has 0 spiro atoms. The van der Waals surface area contributed by atoms with Gasteiger partial charge in [-0.3, -0.25) is 4.79 Å². The van der Waals surface area contributed by atoms with Gasteiger partial charge in [0.25, 0.3) is 0 Å². The molecule has 80 valence electrons. The molecule has 1 aliphatic carbocycles. The minimum Gasteiger partial charge on any atom is -0.471 e. The van der Waals surface area contributed by atoms with Gasteiger partial charge in [0.2, 0.25) is 5.88 Å². The summed E-state index contributed by atoms with van der Waals surface area (Å²) in [5.41, 5.74) is 0.576. The number of pyridine rings is 1. The molecule has 0 radical (unpaired) electrons. The lowest BCUT2D eigenvalue weighted by Crippen LogP contribution is -2.25. The molecule has 2 rings (SSSR count). The molecule has 0 saturated heterocycles. The minimum atomic E-state index is -0.00427. The highest BCUT2D eigenvalue weighted by Gasteiger charge is 2.48. The van der Waals surface area contributed by atoms with Gasteiger partial charge in [0.1, 0.15) is 5.60 Å². The van der Waals surface area contributed by atoms with Crippen molar-refractivity contribution in [3.05, 3.63) is 23.9 Å². The fraction of sp³-hybridized carbons (Fsp3) is 0.500. The predicted octanol–water partition coefficient (Wildman–Crippen LogP) is 2.46. The number of carbonyl (C=O) groups is 1. The average Bonchev–Trinajstić information content (AvgIpc) is 3.00. The van der Waals surface area contributed by atoms with E-state index >= 15 is 0 Å². The Labute approximate surface area is 89.5 Å². The summed E-state index contributed by atoms with van der Waals surface area (Å²) in [6, 6.07) is 3.48. The van der Waals surface area contributed by atoms with Crippen LogP contribution in [0.15, 0.2) is 18.3 Å². The summed E-state index contributed by atoms with van der Waals surface area (Å²) in [5, 5.41) is 0. The highest BCUT2D eigenvalue weighted by Crippen LogP contribution is 2.45. The number of hydrogen-bond donors (Lipinski definition) is 0. The maximum atomic E-state index is 10.4. The largest absolute Gasteiger partial charge is 0.471 e. The molecule has 0 aromatic carbocycles. The van der Waals surface area contributed by atoms with Crippen molar-refractivity contribution in [1.82, 2.24) is 4.98 Å². The maximum absolute atomic E-state index is 10.4. The zero-order valence-corrected chi connectivity index (χ0v) is 9.06. The van der Waals surface area contributed by atoms with Crippen molar-refractivity contribution in [2.24, 2.45) is 5.92 Å². The quantitative estimate of drug-likeness (QED) is 0.709. The third-order valence-corrected chi connectivity index (χ3v) is 3.00. The molecule has 1 heterocycles. The van der Waals surface area contributed by atoms with Crippen molar-refractivity contribution >= 4 is 6.29 Å². The number of aromatic nitrogens is 1. The second-order valence-electron chi connectivity index (χ2n) is 4.37. The molecule has 15 heavy (non-hydrogen) atoms. The van der Waals surface area contributed by atoms with Crippen LogP contribution >= 0.6 is 0 Å². The highest BCUT2D eigenvalue weighted by molar-refractivity contribution is 5.73. The molecule has 0 atom stereocenters. The van der Waals surface area contributed by atoms with E-state index in [1.54, 1.807) is 18.3 Å². The predicted molar refractivity (Wildman–Crippen MR) is 57.1 cm³/mol. The first-order valence-corrected chi connectivity index (χ1v) is 5.26. The first-order chi connectivity index (χ1) is 7.16. The van der Waals surface area contributed by atoms with E-state index in [4.69, 9.17) is 4.74 Å². The smallest absolute Gasteiger partial charge is 0.213 e. The number of nitrogens with zero attached hydrogens (tertiary/aromatic N) is 1. The molecule has 1 aromatic heterocycles. The number of ether oxygens (including phenoxy) is 1. The van der Waals surface area contributed by atoms with Gasteiger partial charge in [0.15, 0.2) is 6.29 Å². The van der Waals surface area contributed by atoms with Crippen molar-refractivity contribution in [2.75, 3.05) is 0 Å². The van der Waals surface area contributed by atoms with Crippen LogP contribution in [0.4, 0.5) is 0 Å². The zero-order valence-electron chi connectivity index (χ0n) is 9.06. The molecular formula is C12H15NO2. The molecule has 1 aliphatic rings. The second-order valence-corrected chi connectivity index (χ2v) is 4.37. The monoisotopic (exact) mass is 205 g/mol. The second kappa shape index (κ2) is 3.65. The van der Waals surface area contributed by atoms with Crippen LogP contribution in [0.25, 0.3) is 0 Å². The summed E-state index contributed by atoms with van der Waals surface area (Å²) >= 11 is 0. The van der Waals surface area contributed by atoms with E-state index < -0.39 is 0 Å². The Hall–Kier alpha value is -1.38. The van der Waals surface area contributed by atoms with E-state index in [9.17, 15) is 4.79 Å². The topological polar surface area (TPSA) is 39.2 Å². The van der Waals surface area contributed by atoms with Gasteiger partial charge in [-0.15, -0.1) is 0 Å². The maximum Gasteiger partial charge on any atom is 0.213 e. The summed E-state index contributed by atoms with van der Waals surface area (Å²) in [4.78, 5) is 14.5. The van der Waals surface area contributed by atoms with Crippen molar-refractivity contribution in [1.29, 1.82) is 0 Å². The van der Waals surface area contributed by atoms with E-state index in [1.807, 2.05) is 0 Å². The van der Waals surface area contributed by atoms with Gasteiger partial charge >= 0.3 is 0 Å². The highest BCUT2D eigenvalue weighted by atomic mass is 16.5. The summed E-state index contributed by atoms with van der Waals surface area (Å²) < 4.78 is 5.85. The Morgan fingerprint density at radius 1 is 1.47 bits per heavy atom. The zero-order chi connectivity index (χ0) is 10.9. The van der Waals surface area contributed by atoms with Gasteiger partial charge in [-0.1, -0.05) is 13.8 Å². The third kappa shape index (κ3) is 2.01. The van der Waals surface area contributed by atoms with Gasteiger partial charge < -0.3 is 4.74 Å². The first-order valence-electron chi connectivity index (χ1n) is 5.26. The molecule has 3 heteroatoms. The molecular weight excluding hydrogens is 190 g/mol. The summed E-state index contributed by atoms with van der Waals surface area (Å²) in [6.07, 6.45) is 4.52. The molecule has 0 N–H and O–H groups in total. The number of rotatable bonds is 4. The average molecular weight is 205 g/mol. The standard InChI is InChI=1S/C12H15NO2/c1-9(2)12(5-6-12)15-11-4-3-10(8-14)7-13-11/h3-4,7-9H,5-6H2,1-2H3. The summed E-state index contributed by atoms with van der Waals surface area (Å²) in [5.74, 6) is 1.12. The lowest BCUT2D eigenvalue weighted by Gasteiger charge is -2.20. The van der Waals surface area contributed by atoms with Crippen LogP contribution in [0.1, 0.15) is 37.0 Å². The van der Waals surface area contributed by atoms with E-state index in [0.717, 1.165) is 19.1 Å². The van der Waals surface area contributed by atoms with Gasteiger partial charge in [0.05, 0.1) is 0 Å². The number of carbonyl (C=O) groups excluding carboxylic acids is 1. The van der Waals surface area contributed by atoms with Crippen molar-refractivity contribution in [2.45, 2.75) is 32.3 Å². The summed E-state index contributed by atoms with van der Waals surface area (Å²) in [6.45, 7) is 4.32. The van der Waals surface area contributed by atoms with Gasteiger partial charge in [-0.25, -0.2) is 4.98 Å². The Kier molecular flexibility index (Phi) is 2.47. The minimum absolute atomic E-state index is 0.00427. The Morgan fingerprint density at radius 2 is 2.20 bits per heavy atom. The van der Waals surface area contributed by atoms with Crippen LogP contribution < -0.4 is 4.74 Å². The van der Waals surface area contributed by atoms with Crippen LogP contribution in [-0.2, 0) is 0 Å². The van der Waals surface area contributed by atoms with Crippen molar-refractivity contribution in [3.8, 4) is 5.88 Å². The number of hydrogen-bond acceptors (Lipinski definition) is 3. The number of aldehydes is 1. The van der Waals surface area contributed by atoms with E-state index in [2.05, 4.69) is 18.8 Å².